The second kappa shape index (κ2) is 6.53. The van der Waals surface area contributed by atoms with Crippen molar-refractivity contribution in [3.8, 4) is 5.82 Å². The number of nitrogens with zero attached hydrogens (tertiary/aromatic N) is 5. The van der Waals surface area contributed by atoms with E-state index in [1.807, 2.05) is 0 Å². The summed E-state index contributed by atoms with van der Waals surface area (Å²) < 4.78 is 6.84. The Morgan fingerprint density at radius 3 is 2.78 bits per heavy atom. The van der Waals surface area contributed by atoms with E-state index in [0.29, 0.717) is 19.0 Å². The molecule has 120 valence electrons. The summed E-state index contributed by atoms with van der Waals surface area (Å²) in [5.74, 6) is -1.52. The first-order valence-corrected chi connectivity index (χ1v) is 7.07. The monoisotopic (exact) mass is 317 g/mol. The van der Waals surface area contributed by atoms with E-state index in [1.165, 1.54) is 17.6 Å². The molecule has 3 heterocycles. The van der Waals surface area contributed by atoms with Crippen LogP contribution in [0.4, 0.5) is 0 Å². The van der Waals surface area contributed by atoms with Crippen molar-refractivity contribution in [3.05, 3.63) is 36.5 Å². The number of carboxylic acid groups (broad SMARTS) is 1. The van der Waals surface area contributed by atoms with Crippen LogP contribution in [0.3, 0.4) is 0 Å². The first kappa shape index (κ1) is 15.1. The third-order valence-corrected chi connectivity index (χ3v) is 3.54. The van der Waals surface area contributed by atoms with E-state index in [2.05, 4.69) is 15.2 Å². The van der Waals surface area contributed by atoms with E-state index < -0.39 is 11.9 Å². The van der Waals surface area contributed by atoms with Crippen molar-refractivity contribution in [2.45, 2.75) is 0 Å². The van der Waals surface area contributed by atoms with Gasteiger partial charge in [-0.2, -0.15) is 0 Å². The van der Waals surface area contributed by atoms with Crippen LogP contribution < -0.4 is 0 Å². The van der Waals surface area contributed by atoms with Gasteiger partial charge in [0, 0.05) is 13.1 Å². The first-order chi connectivity index (χ1) is 11.1. The highest BCUT2D eigenvalue weighted by Gasteiger charge is 2.28. The van der Waals surface area contributed by atoms with Gasteiger partial charge in [0.2, 0.25) is 0 Å². The highest BCUT2D eigenvalue weighted by Crippen LogP contribution is 2.12. The zero-order valence-corrected chi connectivity index (χ0v) is 12.2. The Bertz CT molecular complexity index is 703. The molecule has 0 aliphatic carbocycles. The van der Waals surface area contributed by atoms with Crippen LogP contribution in [0.1, 0.15) is 10.5 Å². The van der Waals surface area contributed by atoms with Crippen molar-refractivity contribution in [1.29, 1.82) is 0 Å². The summed E-state index contributed by atoms with van der Waals surface area (Å²) in [6.07, 6.45) is 2.97. The predicted molar refractivity (Wildman–Crippen MR) is 77.0 cm³/mol. The molecule has 3 rings (SSSR count). The van der Waals surface area contributed by atoms with Gasteiger partial charge in [0.25, 0.3) is 5.91 Å². The van der Waals surface area contributed by atoms with Gasteiger partial charge < -0.3 is 14.7 Å². The fourth-order valence-corrected chi connectivity index (χ4v) is 2.31. The van der Waals surface area contributed by atoms with Crippen LogP contribution in [-0.2, 0) is 9.53 Å². The van der Waals surface area contributed by atoms with Crippen molar-refractivity contribution in [1.82, 2.24) is 24.6 Å². The number of carbonyl (C=O) groups is 2. The highest BCUT2D eigenvalue weighted by atomic mass is 16.5. The molecule has 2 aromatic rings. The molecule has 1 fully saturated rings. The number of hydrogen-bond donors (Lipinski definition) is 1. The fraction of sp³-hybridized carbons (Fsp3) is 0.357. The molecule has 9 nitrogen and oxygen atoms in total. The number of aliphatic carboxylic acids is 1. The standard InChI is InChI=1S/C14H15N5O4/c20-13(18-4-5-23-7-10(6-18)14(21)22)11-2-1-3-12(17-11)19-8-15-16-9-19/h1-3,8-10H,4-7H2,(H,21,22). The molecule has 0 aromatic carbocycles. The Labute approximate surface area is 131 Å². The second-order valence-electron chi connectivity index (χ2n) is 5.11. The molecule has 23 heavy (non-hydrogen) atoms. The van der Waals surface area contributed by atoms with Crippen LogP contribution in [0, 0.1) is 5.92 Å². The molecule has 0 saturated carbocycles. The molecular weight excluding hydrogens is 302 g/mol. The highest BCUT2D eigenvalue weighted by molar-refractivity contribution is 5.92. The number of carbonyl (C=O) groups excluding carboxylic acids is 1. The van der Waals surface area contributed by atoms with Crippen LogP contribution in [0.15, 0.2) is 30.9 Å². The average molecular weight is 317 g/mol. The number of rotatable bonds is 3. The fourth-order valence-electron chi connectivity index (χ4n) is 2.31. The lowest BCUT2D eigenvalue weighted by atomic mass is 10.1. The molecule has 0 radical (unpaired) electrons. The largest absolute Gasteiger partial charge is 0.481 e. The number of carboxylic acids is 1. The van der Waals surface area contributed by atoms with E-state index >= 15 is 0 Å². The van der Waals surface area contributed by atoms with E-state index in [4.69, 9.17) is 9.84 Å². The van der Waals surface area contributed by atoms with Gasteiger partial charge in [-0.15, -0.1) is 10.2 Å². The summed E-state index contributed by atoms with van der Waals surface area (Å²) in [5.41, 5.74) is 0.238. The van der Waals surface area contributed by atoms with Gasteiger partial charge in [0.1, 0.15) is 24.2 Å². The lowest BCUT2D eigenvalue weighted by Gasteiger charge is -2.21. The van der Waals surface area contributed by atoms with Crippen molar-refractivity contribution < 1.29 is 19.4 Å². The first-order valence-electron chi connectivity index (χ1n) is 7.07. The van der Waals surface area contributed by atoms with Crippen molar-refractivity contribution in [2.24, 2.45) is 5.92 Å². The number of pyridine rings is 1. The Morgan fingerprint density at radius 1 is 1.26 bits per heavy atom. The van der Waals surface area contributed by atoms with Crippen LogP contribution in [-0.4, -0.2) is 67.9 Å². The predicted octanol–water partition coefficient (Wildman–Crippen LogP) is -0.165. The molecule has 0 spiro atoms. The minimum Gasteiger partial charge on any atom is -0.481 e. The maximum atomic E-state index is 12.6. The van der Waals surface area contributed by atoms with E-state index in [0.717, 1.165) is 0 Å². The lowest BCUT2D eigenvalue weighted by molar-refractivity contribution is -0.143. The smallest absolute Gasteiger partial charge is 0.310 e. The summed E-state index contributed by atoms with van der Waals surface area (Å²) in [6.45, 7) is 0.849. The minimum atomic E-state index is -0.976. The summed E-state index contributed by atoms with van der Waals surface area (Å²) in [7, 11) is 0. The summed E-state index contributed by atoms with van der Waals surface area (Å²) in [6, 6.07) is 5.03. The van der Waals surface area contributed by atoms with Crippen molar-refractivity contribution >= 4 is 11.9 Å². The maximum absolute atomic E-state index is 12.6. The molecule has 1 atom stereocenters. The van der Waals surface area contributed by atoms with Crippen LogP contribution in [0.25, 0.3) is 5.82 Å². The Hall–Kier alpha value is -2.81. The molecule has 1 saturated heterocycles. The normalized spacial score (nSPS) is 18.4. The molecule has 9 heteroatoms. The zero-order chi connectivity index (χ0) is 16.2. The third-order valence-electron chi connectivity index (χ3n) is 3.54. The van der Waals surface area contributed by atoms with Gasteiger partial charge in [-0.25, -0.2) is 4.98 Å². The second-order valence-corrected chi connectivity index (χ2v) is 5.11. The molecule has 2 aromatic heterocycles. The van der Waals surface area contributed by atoms with Gasteiger partial charge >= 0.3 is 5.97 Å². The van der Waals surface area contributed by atoms with Gasteiger partial charge in [-0.3, -0.25) is 14.2 Å². The molecule has 1 amide bonds. The van der Waals surface area contributed by atoms with Crippen LogP contribution >= 0.6 is 0 Å². The lowest BCUT2D eigenvalue weighted by Crippen LogP contribution is -2.38. The Morgan fingerprint density at radius 2 is 2.04 bits per heavy atom. The molecule has 0 bridgehead atoms. The Balaban J connectivity index is 1.82. The third kappa shape index (κ3) is 3.34. The van der Waals surface area contributed by atoms with E-state index in [1.54, 1.807) is 22.8 Å². The van der Waals surface area contributed by atoms with Crippen LogP contribution in [0.5, 0.6) is 0 Å². The molecular formula is C14H15N5O4. The molecule has 1 aliphatic rings. The number of ether oxygens (including phenoxy) is 1. The summed E-state index contributed by atoms with van der Waals surface area (Å²) in [5, 5.41) is 16.6. The van der Waals surface area contributed by atoms with Crippen molar-refractivity contribution in [3.63, 3.8) is 0 Å². The van der Waals surface area contributed by atoms with Crippen molar-refractivity contribution in [2.75, 3.05) is 26.3 Å². The van der Waals surface area contributed by atoms with Gasteiger partial charge in [-0.05, 0) is 12.1 Å². The number of hydrogen-bond acceptors (Lipinski definition) is 6. The maximum Gasteiger partial charge on any atom is 0.310 e. The quantitative estimate of drug-likeness (QED) is 0.837. The van der Waals surface area contributed by atoms with Gasteiger partial charge in [0.05, 0.1) is 19.1 Å². The average Bonchev–Trinajstić information content (AvgIpc) is 2.98. The SMILES string of the molecule is O=C(O)C1COCCN(C(=O)c2cccc(-n3cnnc3)n2)C1. The molecule has 1 aliphatic heterocycles. The van der Waals surface area contributed by atoms with Gasteiger partial charge in [0.15, 0.2) is 0 Å². The minimum absolute atomic E-state index is 0.104. The molecule has 1 unspecified atom stereocenters. The topological polar surface area (TPSA) is 110 Å². The van der Waals surface area contributed by atoms with E-state index in [9.17, 15) is 9.59 Å². The number of amides is 1. The van der Waals surface area contributed by atoms with E-state index in [-0.39, 0.29) is 24.8 Å². The summed E-state index contributed by atoms with van der Waals surface area (Å²) in [4.78, 5) is 29.5. The zero-order valence-electron chi connectivity index (χ0n) is 12.2. The summed E-state index contributed by atoms with van der Waals surface area (Å²) >= 11 is 0. The molecule has 1 N–H and O–H groups in total. The Kier molecular flexibility index (Phi) is 4.29. The van der Waals surface area contributed by atoms with Crippen LogP contribution in [0.2, 0.25) is 0 Å². The van der Waals surface area contributed by atoms with Gasteiger partial charge in [-0.1, -0.05) is 6.07 Å². The number of aromatic nitrogens is 4.